The third-order valence-electron chi connectivity index (χ3n) is 3.51. The van der Waals surface area contributed by atoms with Crippen molar-refractivity contribution in [3.8, 4) is 11.3 Å². The van der Waals surface area contributed by atoms with E-state index >= 15 is 0 Å². The van der Waals surface area contributed by atoms with E-state index in [-0.39, 0.29) is 18.0 Å². The monoisotopic (exact) mass is 381 g/mol. The average Bonchev–Trinajstić information content (AvgIpc) is 3.27. The number of carbonyl (C=O) groups is 1. The van der Waals surface area contributed by atoms with Gasteiger partial charge in [0.25, 0.3) is 5.91 Å². The van der Waals surface area contributed by atoms with Crippen LogP contribution in [-0.2, 0) is 13.0 Å². The fraction of sp³-hybridized carbons (Fsp3) is 0.235. The summed E-state index contributed by atoms with van der Waals surface area (Å²) in [6.45, 7) is 0.155. The van der Waals surface area contributed by atoms with Crippen LogP contribution >= 0.6 is 11.3 Å². The Kier molecular flexibility index (Phi) is 5.36. The van der Waals surface area contributed by atoms with Crippen molar-refractivity contribution in [2.45, 2.75) is 25.6 Å². The zero-order valence-electron chi connectivity index (χ0n) is 13.4. The number of rotatable bonds is 6. The van der Waals surface area contributed by atoms with E-state index in [4.69, 9.17) is 4.42 Å². The minimum absolute atomic E-state index is 0.0797. The average molecular weight is 381 g/mol. The van der Waals surface area contributed by atoms with Crippen molar-refractivity contribution in [1.82, 2.24) is 15.3 Å². The van der Waals surface area contributed by atoms with Gasteiger partial charge in [-0.25, -0.2) is 9.97 Å². The number of amides is 1. The Balaban J connectivity index is 1.60. The number of halogens is 3. The van der Waals surface area contributed by atoms with Crippen LogP contribution in [0.5, 0.6) is 0 Å². The molecule has 2 heterocycles. The van der Waals surface area contributed by atoms with E-state index in [0.717, 1.165) is 17.7 Å². The lowest BCUT2D eigenvalue weighted by Crippen LogP contribution is -2.24. The molecular formula is C17H14F3N3O2S. The van der Waals surface area contributed by atoms with Crippen molar-refractivity contribution >= 4 is 17.2 Å². The predicted molar refractivity (Wildman–Crippen MR) is 89.6 cm³/mol. The molecule has 3 rings (SSSR count). The van der Waals surface area contributed by atoms with Crippen molar-refractivity contribution in [1.29, 1.82) is 0 Å². The first-order valence-corrected chi connectivity index (χ1v) is 8.57. The quantitative estimate of drug-likeness (QED) is 0.694. The Bertz CT molecular complexity index is 875. The Morgan fingerprint density at radius 1 is 1.23 bits per heavy atom. The number of hydrogen-bond donors (Lipinski definition) is 1. The molecule has 2 aromatic heterocycles. The van der Waals surface area contributed by atoms with E-state index < -0.39 is 24.9 Å². The third-order valence-corrected chi connectivity index (χ3v) is 4.36. The number of nitrogens with zero attached hydrogens (tertiary/aromatic N) is 2. The molecule has 0 fully saturated rings. The van der Waals surface area contributed by atoms with Gasteiger partial charge in [-0.1, -0.05) is 30.3 Å². The molecule has 26 heavy (non-hydrogen) atoms. The topological polar surface area (TPSA) is 68.0 Å². The molecule has 3 aromatic rings. The number of thiazole rings is 1. The van der Waals surface area contributed by atoms with E-state index in [1.165, 1.54) is 11.3 Å². The van der Waals surface area contributed by atoms with Crippen LogP contribution in [0.25, 0.3) is 11.3 Å². The van der Waals surface area contributed by atoms with Crippen LogP contribution in [0, 0.1) is 0 Å². The van der Waals surface area contributed by atoms with Crippen molar-refractivity contribution in [3.63, 3.8) is 0 Å². The largest absolute Gasteiger partial charge is 0.448 e. The van der Waals surface area contributed by atoms with Crippen molar-refractivity contribution in [3.05, 3.63) is 58.6 Å². The molecule has 0 saturated carbocycles. The Labute approximate surface area is 150 Å². The molecule has 136 valence electrons. The van der Waals surface area contributed by atoms with Crippen LogP contribution < -0.4 is 5.32 Å². The minimum Gasteiger partial charge on any atom is -0.448 e. The Morgan fingerprint density at radius 2 is 2.00 bits per heavy atom. The van der Waals surface area contributed by atoms with Gasteiger partial charge in [0.15, 0.2) is 12.1 Å². The first kappa shape index (κ1) is 18.1. The second kappa shape index (κ2) is 7.69. The van der Waals surface area contributed by atoms with Crippen molar-refractivity contribution < 1.29 is 22.4 Å². The first-order chi connectivity index (χ1) is 12.4. The zero-order chi connectivity index (χ0) is 18.6. The van der Waals surface area contributed by atoms with Gasteiger partial charge in [-0.2, -0.15) is 13.2 Å². The molecule has 0 spiro atoms. The van der Waals surface area contributed by atoms with Gasteiger partial charge < -0.3 is 9.73 Å². The van der Waals surface area contributed by atoms with E-state index in [2.05, 4.69) is 15.3 Å². The molecule has 0 aliphatic carbocycles. The van der Waals surface area contributed by atoms with Gasteiger partial charge in [-0.05, 0) is 0 Å². The summed E-state index contributed by atoms with van der Waals surface area (Å²) >= 11 is 1.38. The van der Waals surface area contributed by atoms with Gasteiger partial charge >= 0.3 is 6.18 Å². The predicted octanol–water partition coefficient (Wildman–Crippen LogP) is 4.22. The fourth-order valence-electron chi connectivity index (χ4n) is 2.26. The minimum atomic E-state index is -4.32. The molecule has 9 heteroatoms. The molecule has 1 aromatic carbocycles. The second-order valence-electron chi connectivity index (χ2n) is 5.41. The molecule has 0 radical (unpaired) electrons. The molecule has 0 unspecified atom stereocenters. The molecule has 0 bridgehead atoms. The van der Waals surface area contributed by atoms with Crippen LogP contribution in [0.2, 0.25) is 0 Å². The van der Waals surface area contributed by atoms with Gasteiger partial charge in [0.1, 0.15) is 10.8 Å². The maximum Gasteiger partial charge on any atom is 0.389 e. The second-order valence-corrected chi connectivity index (χ2v) is 6.36. The maximum atomic E-state index is 12.3. The Morgan fingerprint density at radius 3 is 2.73 bits per heavy atom. The molecule has 5 nitrogen and oxygen atoms in total. The SMILES string of the molecule is O=C(NCc1nc(-c2ccccc2)cs1)c1ncoc1CCC(F)(F)F. The fourth-order valence-corrected chi connectivity index (χ4v) is 3.00. The van der Waals surface area contributed by atoms with E-state index in [9.17, 15) is 18.0 Å². The van der Waals surface area contributed by atoms with Crippen LogP contribution in [0.1, 0.15) is 27.7 Å². The van der Waals surface area contributed by atoms with Gasteiger partial charge in [0.05, 0.1) is 18.7 Å². The standard InChI is InChI=1S/C17H14F3N3O2S/c18-17(19,20)7-6-13-15(22-10-25-13)16(24)21-8-14-23-12(9-26-14)11-4-2-1-3-5-11/h1-5,9-10H,6-8H2,(H,21,24). The van der Waals surface area contributed by atoms with Gasteiger partial charge in [0.2, 0.25) is 0 Å². The normalized spacial score (nSPS) is 11.5. The summed E-state index contributed by atoms with van der Waals surface area (Å²) in [6.07, 6.45) is -4.86. The van der Waals surface area contributed by atoms with Crippen molar-refractivity contribution in [2.24, 2.45) is 0 Å². The summed E-state index contributed by atoms with van der Waals surface area (Å²) in [5.41, 5.74) is 1.63. The summed E-state index contributed by atoms with van der Waals surface area (Å²) in [4.78, 5) is 20.3. The lowest BCUT2D eigenvalue weighted by Gasteiger charge is -2.05. The highest BCUT2D eigenvalue weighted by Crippen LogP contribution is 2.24. The molecule has 0 aliphatic heterocycles. The third kappa shape index (κ3) is 4.69. The van der Waals surface area contributed by atoms with Crippen molar-refractivity contribution in [2.75, 3.05) is 0 Å². The number of benzene rings is 1. The van der Waals surface area contributed by atoms with Gasteiger partial charge in [-0.15, -0.1) is 11.3 Å². The van der Waals surface area contributed by atoms with Crippen LogP contribution in [-0.4, -0.2) is 22.1 Å². The summed E-state index contributed by atoms with van der Waals surface area (Å²) in [6, 6.07) is 9.58. The summed E-state index contributed by atoms with van der Waals surface area (Å²) in [7, 11) is 0. The number of nitrogens with one attached hydrogen (secondary N) is 1. The summed E-state index contributed by atoms with van der Waals surface area (Å²) in [5.74, 6) is -0.670. The number of alkyl halides is 3. The van der Waals surface area contributed by atoms with Gasteiger partial charge in [-0.3, -0.25) is 4.79 Å². The lowest BCUT2D eigenvalue weighted by molar-refractivity contribution is -0.134. The first-order valence-electron chi connectivity index (χ1n) is 7.69. The zero-order valence-corrected chi connectivity index (χ0v) is 14.2. The van der Waals surface area contributed by atoms with Crippen LogP contribution in [0.4, 0.5) is 13.2 Å². The smallest absolute Gasteiger partial charge is 0.389 e. The molecular weight excluding hydrogens is 367 g/mol. The number of carbonyl (C=O) groups excluding carboxylic acids is 1. The molecule has 0 aliphatic rings. The maximum absolute atomic E-state index is 12.3. The van der Waals surface area contributed by atoms with Crippen LogP contribution in [0.3, 0.4) is 0 Å². The number of hydrogen-bond acceptors (Lipinski definition) is 5. The van der Waals surface area contributed by atoms with E-state index in [1.807, 2.05) is 35.7 Å². The highest BCUT2D eigenvalue weighted by atomic mass is 32.1. The lowest BCUT2D eigenvalue weighted by atomic mass is 10.2. The van der Waals surface area contributed by atoms with Crippen LogP contribution in [0.15, 0.2) is 46.5 Å². The number of aromatic nitrogens is 2. The van der Waals surface area contributed by atoms with Gasteiger partial charge in [0, 0.05) is 17.4 Å². The molecule has 0 saturated heterocycles. The molecule has 1 N–H and O–H groups in total. The van der Waals surface area contributed by atoms with E-state index in [0.29, 0.717) is 5.01 Å². The summed E-state index contributed by atoms with van der Waals surface area (Å²) in [5, 5.41) is 5.16. The molecule has 1 amide bonds. The highest BCUT2D eigenvalue weighted by Gasteiger charge is 2.29. The summed E-state index contributed by atoms with van der Waals surface area (Å²) < 4.78 is 41.9. The van der Waals surface area contributed by atoms with E-state index in [1.54, 1.807) is 0 Å². The molecule has 0 atom stereocenters. The Hall–Kier alpha value is -2.68. The number of aryl methyl sites for hydroxylation is 1. The highest BCUT2D eigenvalue weighted by molar-refractivity contribution is 7.09. The number of oxazole rings is 1.